The van der Waals surface area contributed by atoms with Gasteiger partial charge in [0.25, 0.3) is 0 Å². The number of pyridine rings is 1. The monoisotopic (exact) mass is 627 g/mol. The predicted molar refractivity (Wildman–Crippen MR) is 171 cm³/mol. The molecule has 2 unspecified atom stereocenters. The number of nitrogens with zero attached hydrogens (tertiary/aromatic N) is 1. The van der Waals surface area contributed by atoms with Gasteiger partial charge in [0.05, 0.1) is 16.8 Å². The Hall–Kier alpha value is -2.19. The number of rotatable bonds is 10. The molecule has 4 aromatic rings. The number of aromatic nitrogens is 1. The van der Waals surface area contributed by atoms with E-state index in [1.54, 1.807) is 0 Å². The zero-order valence-electron chi connectivity index (χ0n) is 24.9. The standard InChI is InChI=1S/C29H28ClNO.C6H9FO2S.Na/c1-29(2,32)27-12-4-3-10-23(27)11-6-9-21-7-5-8-22(19-21)13-17-26-18-15-24-14-16-25(30)20-28(24)31-26;7-4-1-6(4,3-10)2-5(8)9;/h3-5,7-8,10,12-20,32H,6,9,11H2,1-2H3;4,10H,1-3H2,(H,8,9);/q;;+1/p-1/b17-13+;;. The van der Waals surface area contributed by atoms with Gasteiger partial charge in [0.1, 0.15) is 6.17 Å². The van der Waals surface area contributed by atoms with Crippen LogP contribution in [0.1, 0.15) is 61.1 Å². The summed E-state index contributed by atoms with van der Waals surface area (Å²) in [4.78, 5) is 14.7. The van der Waals surface area contributed by atoms with E-state index in [1.807, 2.05) is 62.4 Å². The number of carbonyl (C=O) groups excluding carboxylic acids is 1. The van der Waals surface area contributed by atoms with Crippen LogP contribution in [0, 0.1) is 5.41 Å². The number of halogens is 2. The summed E-state index contributed by atoms with van der Waals surface area (Å²) in [5.74, 6) is -0.892. The topological polar surface area (TPSA) is 73.2 Å². The van der Waals surface area contributed by atoms with E-state index in [1.165, 1.54) is 11.1 Å². The van der Waals surface area contributed by atoms with Crippen molar-refractivity contribution >= 4 is 53.3 Å². The molecule has 1 saturated carbocycles. The number of aliphatic carboxylic acids is 1. The molecule has 1 heterocycles. The number of hydrogen-bond donors (Lipinski definition) is 2. The van der Waals surface area contributed by atoms with Crippen molar-refractivity contribution in [1.82, 2.24) is 4.98 Å². The molecule has 0 saturated heterocycles. The number of alkyl halides is 1. The first-order chi connectivity index (χ1) is 20.0. The summed E-state index contributed by atoms with van der Waals surface area (Å²) in [7, 11) is 0. The SMILES string of the molecule is CC(C)(O)c1ccccc1CCCc1cccc(/C=C/c2ccc3ccc(Cl)cc3n2)c1.O=C([O-])CC1(CS)CC1F.[Na+]. The number of benzene rings is 3. The van der Waals surface area contributed by atoms with Gasteiger partial charge in [-0.05, 0) is 98.2 Å². The smallest absolute Gasteiger partial charge is 0.550 e. The van der Waals surface area contributed by atoms with Crippen molar-refractivity contribution < 1.29 is 49.0 Å². The summed E-state index contributed by atoms with van der Waals surface area (Å²) < 4.78 is 12.5. The van der Waals surface area contributed by atoms with Crippen molar-refractivity contribution in [3.8, 4) is 0 Å². The van der Waals surface area contributed by atoms with Gasteiger partial charge in [0.15, 0.2) is 0 Å². The van der Waals surface area contributed by atoms with E-state index in [0.29, 0.717) is 17.2 Å². The Balaban J connectivity index is 0.000000392. The zero-order chi connectivity index (χ0) is 30.3. The molecule has 43 heavy (non-hydrogen) atoms. The van der Waals surface area contributed by atoms with E-state index in [9.17, 15) is 19.4 Å². The van der Waals surface area contributed by atoms with Gasteiger partial charge in [0.2, 0.25) is 0 Å². The quantitative estimate of drug-likeness (QED) is 0.204. The van der Waals surface area contributed by atoms with Crippen molar-refractivity contribution in [2.24, 2.45) is 5.41 Å². The average molecular weight is 628 g/mol. The third-order valence-corrected chi connectivity index (χ3v) is 8.43. The molecule has 0 amide bonds. The fourth-order valence-electron chi connectivity index (χ4n) is 5.04. The molecule has 2 atom stereocenters. The fraction of sp³-hybridized carbons (Fsp3) is 0.314. The van der Waals surface area contributed by atoms with Crippen LogP contribution in [-0.2, 0) is 23.2 Å². The average Bonchev–Trinajstić information content (AvgIpc) is 3.59. The van der Waals surface area contributed by atoms with E-state index in [0.717, 1.165) is 47.0 Å². The first-order valence-corrected chi connectivity index (χ1v) is 15.1. The predicted octanol–water partition coefficient (Wildman–Crippen LogP) is 4.25. The van der Waals surface area contributed by atoms with Gasteiger partial charge < -0.3 is 15.0 Å². The van der Waals surface area contributed by atoms with Crippen LogP contribution >= 0.6 is 24.2 Å². The molecule has 4 nitrogen and oxygen atoms in total. The number of aliphatic hydroxyl groups is 1. The zero-order valence-corrected chi connectivity index (χ0v) is 28.5. The van der Waals surface area contributed by atoms with Crippen molar-refractivity contribution in [2.45, 2.75) is 57.7 Å². The van der Waals surface area contributed by atoms with Crippen LogP contribution in [0.25, 0.3) is 23.1 Å². The number of carboxylic acids is 1. The molecular formula is C35H36ClFNNaO3S. The molecule has 3 aromatic carbocycles. The maximum Gasteiger partial charge on any atom is 1.00 e. The minimum absolute atomic E-state index is 0. The summed E-state index contributed by atoms with van der Waals surface area (Å²) in [6.45, 7) is 3.70. The van der Waals surface area contributed by atoms with Gasteiger partial charge in [0, 0.05) is 21.8 Å². The largest absolute Gasteiger partial charge is 1.00 e. The Kier molecular flexibility index (Phi) is 12.9. The second kappa shape index (κ2) is 15.7. The van der Waals surface area contributed by atoms with Crippen LogP contribution in [0.3, 0.4) is 0 Å². The first-order valence-electron chi connectivity index (χ1n) is 14.1. The molecule has 1 aliphatic rings. The summed E-state index contributed by atoms with van der Waals surface area (Å²) in [5.41, 5.74) is 5.01. The van der Waals surface area contributed by atoms with Crippen LogP contribution in [0.15, 0.2) is 78.9 Å². The molecule has 0 aliphatic heterocycles. The Morgan fingerprint density at radius 2 is 1.81 bits per heavy atom. The molecule has 1 aliphatic carbocycles. The molecule has 1 N–H and O–H groups in total. The fourth-order valence-corrected chi connectivity index (χ4v) is 5.64. The van der Waals surface area contributed by atoms with Crippen molar-refractivity contribution in [3.05, 3.63) is 112 Å². The van der Waals surface area contributed by atoms with Crippen LogP contribution < -0.4 is 34.7 Å². The summed E-state index contributed by atoms with van der Waals surface area (Å²) in [6, 6.07) is 26.7. The third-order valence-electron chi connectivity index (χ3n) is 7.56. The maximum atomic E-state index is 12.5. The molecule has 1 fully saturated rings. The van der Waals surface area contributed by atoms with Gasteiger partial charge in [-0.3, -0.25) is 0 Å². The van der Waals surface area contributed by atoms with Crippen molar-refractivity contribution in [1.29, 1.82) is 0 Å². The number of aryl methyl sites for hydroxylation is 2. The Morgan fingerprint density at radius 1 is 1.09 bits per heavy atom. The summed E-state index contributed by atoms with van der Waals surface area (Å²) in [6.07, 6.45) is 6.27. The van der Waals surface area contributed by atoms with E-state index >= 15 is 0 Å². The van der Waals surface area contributed by atoms with Crippen LogP contribution in [0.2, 0.25) is 5.02 Å². The first kappa shape index (κ1) is 35.3. The molecule has 220 valence electrons. The normalized spacial score (nSPS) is 17.7. The number of hydrogen-bond acceptors (Lipinski definition) is 5. The van der Waals surface area contributed by atoms with Crippen molar-refractivity contribution in [3.63, 3.8) is 0 Å². The summed E-state index contributed by atoms with van der Waals surface area (Å²) >= 11 is 9.97. The van der Waals surface area contributed by atoms with E-state index in [4.69, 9.17) is 16.6 Å². The number of carboxylic acid groups (broad SMARTS) is 1. The number of carbonyl (C=O) groups is 1. The van der Waals surface area contributed by atoms with Crippen LogP contribution in [0.4, 0.5) is 4.39 Å². The molecule has 0 spiro atoms. The Bertz CT molecular complexity index is 1570. The second-order valence-electron chi connectivity index (χ2n) is 11.5. The molecule has 0 radical (unpaired) electrons. The van der Waals surface area contributed by atoms with E-state index in [-0.39, 0.29) is 36.0 Å². The minimum Gasteiger partial charge on any atom is -0.550 e. The number of fused-ring (bicyclic) bond motifs is 1. The molecular weight excluding hydrogens is 592 g/mol. The molecule has 8 heteroatoms. The van der Waals surface area contributed by atoms with Gasteiger partial charge in [-0.2, -0.15) is 12.6 Å². The van der Waals surface area contributed by atoms with Crippen LogP contribution in [0.5, 0.6) is 0 Å². The van der Waals surface area contributed by atoms with E-state index in [2.05, 4.69) is 55.1 Å². The number of thiol groups is 1. The second-order valence-corrected chi connectivity index (χ2v) is 12.2. The van der Waals surface area contributed by atoms with Crippen molar-refractivity contribution in [2.75, 3.05) is 5.75 Å². The van der Waals surface area contributed by atoms with Gasteiger partial charge >= 0.3 is 29.6 Å². The third kappa shape index (κ3) is 10.2. The summed E-state index contributed by atoms with van der Waals surface area (Å²) in [5, 5.41) is 22.3. The van der Waals surface area contributed by atoms with Gasteiger partial charge in [-0.15, -0.1) is 0 Å². The van der Waals surface area contributed by atoms with Gasteiger partial charge in [-0.1, -0.05) is 78.3 Å². The molecule has 0 bridgehead atoms. The van der Waals surface area contributed by atoms with E-state index < -0.39 is 23.2 Å². The Labute approximate surface area is 286 Å². The minimum atomic E-state index is -1.19. The molecule has 5 rings (SSSR count). The van der Waals surface area contributed by atoms with Crippen LogP contribution in [-0.4, -0.2) is 28.0 Å². The Morgan fingerprint density at radius 3 is 2.47 bits per heavy atom. The van der Waals surface area contributed by atoms with Gasteiger partial charge in [-0.25, -0.2) is 9.37 Å². The molecule has 1 aromatic heterocycles. The maximum absolute atomic E-state index is 12.5.